The van der Waals surface area contributed by atoms with E-state index < -0.39 is 5.97 Å². The SMILES string of the molecule is Cc1cn2ccc(C(=O)N(C)CC(=O)O)cc2n1. The Bertz CT molecular complexity index is 618. The number of imidazole rings is 1. The number of carbonyl (C=O) groups excluding carboxylic acids is 1. The molecule has 0 aliphatic rings. The molecule has 6 heteroatoms. The molecule has 2 heterocycles. The fourth-order valence-corrected chi connectivity index (χ4v) is 1.74. The lowest BCUT2D eigenvalue weighted by Crippen LogP contribution is -2.31. The number of amides is 1. The van der Waals surface area contributed by atoms with Crippen molar-refractivity contribution in [2.75, 3.05) is 13.6 Å². The second kappa shape index (κ2) is 4.48. The molecule has 2 rings (SSSR count). The number of carbonyl (C=O) groups is 2. The molecule has 94 valence electrons. The van der Waals surface area contributed by atoms with Crippen molar-refractivity contribution >= 4 is 17.5 Å². The van der Waals surface area contributed by atoms with Crippen LogP contribution in [0.4, 0.5) is 0 Å². The van der Waals surface area contributed by atoms with E-state index in [1.54, 1.807) is 18.3 Å². The lowest BCUT2D eigenvalue weighted by molar-refractivity contribution is -0.137. The maximum atomic E-state index is 12.0. The molecule has 18 heavy (non-hydrogen) atoms. The van der Waals surface area contributed by atoms with Crippen LogP contribution in [-0.4, -0.2) is 44.9 Å². The minimum Gasteiger partial charge on any atom is -0.480 e. The minimum absolute atomic E-state index is 0.322. The number of aliphatic carboxylic acids is 1. The number of rotatable bonds is 3. The van der Waals surface area contributed by atoms with Crippen LogP contribution in [0.25, 0.3) is 5.65 Å². The average Bonchev–Trinajstić information content (AvgIpc) is 2.65. The van der Waals surface area contributed by atoms with Crippen LogP contribution < -0.4 is 0 Å². The maximum absolute atomic E-state index is 12.0. The molecule has 0 aliphatic carbocycles. The van der Waals surface area contributed by atoms with E-state index in [2.05, 4.69) is 4.98 Å². The number of aryl methyl sites for hydroxylation is 1. The highest BCUT2D eigenvalue weighted by atomic mass is 16.4. The zero-order chi connectivity index (χ0) is 13.3. The molecule has 6 nitrogen and oxygen atoms in total. The molecule has 0 saturated carbocycles. The molecule has 2 aromatic rings. The number of fused-ring (bicyclic) bond motifs is 1. The molecule has 0 aliphatic heterocycles. The van der Waals surface area contributed by atoms with E-state index in [1.807, 2.05) is 17.5 Å². The summed E-state index contributed by atoms with van der Waals surface area (Å²) in [5.74, 6) is -1.37. The summed E-state index contributed by atoms with van der Waals surface area (Å²) >= 11 is 0. The van der Waals surface area contributed by atoms with Crippen molar-refractivity contribution in [1.82, 2.24) is 14.3 Å². The van der Waals surface area contributed by atoms with Crippen molar-refractivity contribution in [2.45, 2.75) is 6.92 Å². The Morgan fingerprint density at radius 2 is 2.22 bits per heavy atom. The van der Waals surface area contributed by atoms with Crippen LogP contribution in [0, 0.1) is 6.92 Å². The van der Waals surface area contributed by atoms with Gasteiger partial charge >= 0.3 is 5.97 Å². The third-order valence-electron chi connectivity index (χ3n) is 2.55. The van der Waals surface area contributed by atoms with Gasteiger partial charge < -0.3 is 14.4 Å². The second-order valence-electron chi connectivity index (χ2n) is 4.12. The molecule has 1 N–H and O–H groups in total. The van der Waals surface area contributed by atoms with Gasteiger partial charge in [-0.2, -0.15) is 0 Å². The van der Waals surface area contributed by atoms with E-state index in [0.717, 1.165) is 10.6 Å². The normalized spacial score (nSPS) is 10.6. The molecular formula is C12H13N3O3. The van der Waals surface area contributed by atoms with E-state index in [9.17, 15) is 9.59 Å². The summed E-state index contributed by atoms with van der Waals surface area (Å²) in [7, 11) is 1.46. The molecule has 0 radical (unpaired) electrons. The van der Waals surface area contributed by atoms with Crippen molar-refractivity contribution in [3.8, 4) is 0 Å². The van der Waals surface area contributed by atoms with Gasteiger partial charge in [-0.15, -0.1) is 0 Å². The number of likely N-dealkylation sites (N-methyl/N-ethyl adjacent to an activating group) is 1. The van der Waals surface area contributed by atoms with Crippen molar-refractivity contribution in [3.63, 3.8) is 0 Å². The summed E-state index contributed by atoms with van der Waals surface area (Å²) in [6, 6.07) is 3.29. The number of nitrogens with zero attached hydrogens (tertiary/aromatic N) is 3. The smallest absolute Gasteiger partial charge is 0.323 e. The summed E-state index contributed by atoms with van der Waals surface area (Å²) in [6.07, 6.45) is 3.59. The molecule has 0 saturated heterocycles. The van der Waals surface area contributed by atoms with Gasteiger partial charge in [-0.05, 0) is 19.1 Å². The van der Waals surface area contributed by atoms with Gasteiger partial charge in [0.25, 0.3) is 5.91 Å². The quantitative estimate of drug-likeness (QED) is 0.870. The average molecular weight is 247 g/mol. The highest BCUT2D eigenvalue weighted by Crippen LogP contribution is 2.09. The van der Waals surface area contributed by atoms with E-state index >= 15 is 0 Å². The Hall–Kier alpha value is -2.37. The first kappa shape index (κ1) is 12.1. The lowest BCUT2D eigenvalue weighted by atomic mass is 10.2. The van der Waals surface area contributed by atoms with Gasteiger partial charge in [0.2, 0.25) is 0 Å². The van der Waals surface area contributed by atoms with Crippen LogP contribution in [0.3, 0.4) is 0 Å². The molecule has 0 spiro atoms. The van der Waals surface area contributed by atoms with E-state index in [0.29, 0.717) is 11.2 Å². The molecule has 1 amide bonds. The van der Waals surface area contributed by atoms with E-state index in [4.69, 9.17) is 5.11 Å². The monoisotopic (exact) mass is 247 g/mol. The van der Waals surface area contributed by atoms with Crippen LogP contribution in [0.1, 0.15) is 16.1 Å². The van der Waals surface area contributed by atoms with Gasteiger partial charge in [0.1, 0.15) is 12.2 Å². The molecule has 0 aromatic carbocycles. The first-order valence-corrected chi connectivity index (χ1v) is 5.40. The van der Waals surface area contributed by atoms with Crippen molar-refractivity contribution < 1.29 is 14.7 Å². The summed E-state index contributed by atoms with van der Waals surface area (Å²) < 4.78 is 1.81. The van der Waals surface area contributed by atoms with Gasteiger partial charge in [-0.3, -0.25) is 9.59 Å². The topological polar surface area (TPSA) is 74.9 Å². The van der Waals surface area contributed by atoms with Crippen LogP contribution in [0.15, 0.2) is 24.5 Å². The Kier molecular flexibility index (Phi) is 3.01. The number of carboxylic acids is 1. The molecule has 0 unspecified atom stereocenters. The Labute approximate surface area is 103 Å². The van der Waals surface area contributed by atoms with Crippen LogP contribution >= 0.6 is 0 Å². The second-order valence-corrected chi connectivity index (χ2v) is 4.12. The summed E-state index contributed by atoms with van der Waals surface area (Å²) in [5.41, 5.74) is 1.96. The number of carboxylic acid groups (broad SMARTS) is 1. The van der Waals surface area contributed by atoms with Crippen LogP contribution in [-0.2, 0) is 4.79 Å². The maximum Gasteiger partial charge on any atom is 0.323 e. The number of hydrogen-bond acceptors (Lipinski definition) is 3. The Morgan fingerprint density at radius 1 is 1.50 bits per heavy atom. The summed E-state index contributed by atoms with van der Waals surface area (Å²) in [6.45, 7) is 1.54. The first-order valence-electron chi connectivity index (χ1n) is 5.40. The number of hydrogen-bond donors (Lipinski definition) is 1. The highest BCUT2D eigenvalue weighted by molar-refractivity contribution is 5.96. The van der Waals surface area contributed by atoms with Crippen molar-refractivity contribution in [1.29, 1.82) is 0 Å². The van der Waals surface area contributed by atoms with Crippen LogP contribution in [0.2, 0.25) is 0 Å². The van der Waals surface area contributed by atoms with Gasteiger partial charge in [0.05, 0.1) is 5.69 Å². The zero-order valence-corrected chi connectivity index (χ0v) is 10.1. The number of pyridine rings is 1. The Morgan fingerprint density at radius 3 is 2.89 bits per heavy atom. The van der Waals surface area contributed by atoms with Gasteiger partial charge in [-0.1, -0.05) is 0 Å². The molecular weight excluding hydrogens is 234 g/mol. The standard InChI is InChI=1S/C12H13N3O3/c1-8-6-15-4-3-9(5-10(15)13-8)12(18)14(2)7-11(16)17/h3-6H,7H2,1-2H3,(H,16,17). The van der Waals surface area contributed by atoms with Gasteiger partial charge in [-0.25, -0.2) is 4.98 Å². The molecule has 0 fully saturated rings. The predicted molar refractivity (Wildman–Crippen MR) is 64.5 cm³/mol. The minimum atomic E-state index is -1.04. The fraction of sp³-hybridized carbons (Fsp3) is 0.250. The molecule has 2 aromatic heterocycles. The zero-order valence-electron chi connectivity index (χ0n) is 10.1. The molecule has 0 atom stereocenters. The highest BCUT2D eigenvalue weighted by Gasteiger charge is 2.15. The predicted octanol–water partition coefficient (Wildman–Crippen LogP) is 0.799. The Balaban J connectivity index is 2.30. The van der Waals surface area contributed by atoms with Gasteiger partial charge in [0.15, 0.2) is 0 Å². The largest absolute Gasteiger partial charge is 0.480 e. The van der Waals surface area contributed by atoms with E-state index in [1.165, 1.54) is 7.05 Å². The lowest BCUT2D eigenvalue weighted by Gasteiger charge is -2.14. The fourth-order valence-electron chi connectivity index (χ4n) is 1.74. The summed E-state index contributed by atoms with van der Waals surface area (Å²) in [4.78, 5) is 27.9. The van der Waals surface area contributed by atoms with Crippen molar-refractivity contribution in [2.24, 2.45) is 0 Å². The third-order valence-corrected chi connectivity index (χ3v) is 2.55. The van der Waals surface area contributed by atoms with E-state index in [-0.39, 0.29) is 12.5 Å². The van der Waals surface area contributed by atoms with Gasteiger partial charge in [0, 0.05) is 25.0 Å². The van der Waals surface area contributed by atoms with Crippen molar-refractivity contribution in [3.05, 3.63) is 35.8 Å². The van der Waals surface area contributed by atoms with Crippen LogP contribution in [0.5, 0.6) is 0 Å². The summed E-state index contributed by atoms with van der Waals surface area (Å²) in [5, 5.41) is 8.64. The molecule has 0 bridgehead atoms. The third kappa shape index (κ3) is 2.32. The number of aromatic nitrogens is 2. The first-order chi connectivity index (χ1) is 8.47.